The highest BCUT2D eigenvalue weighted by molar-refractivity contribution is 6.05. The van der Waals surface area contributed by atoms with Crippen LogP contribution >= 0.6 is 0 Å². The van der Waals surface area contributed by atoms with E-state index in [1.54, 1.807) is 6.07 Å². The molecule has 35 heavy (non-hydrogen) atoms. The maximum Gasteiger partial charge on any atom is 0.256 e. The Morgan fingerprint density at radius 1 is 1.06 bits per heavy atom. The molecule has 1 aliphatic heterocycles. The molecule has 0 spiro atoms. The van der Waals surface area contributed by atoms with Gasteiger partial charge in [-0.1, -0.05) is 43.0 Å². The number of carbonyl (C=O) groups is 3. The topological polar surface area (TPSA) is 117 Å². The number of aromatic nitrogens is 2. The summed E-state index contributed by atoms with van der Waals surface area (Å²) in [5.74, 6) is 0.472. The lowest BCUT2D eigenvalue weighted by molar-refractivity contribution is -0.121. The van der Waals surface area contributed by atoms with Crippen molar-refractivity contribution in [1.29, 1.82) is 0 Å². The van der Waals surface area contributed by atoms with Crippen LogP contribution in [0.15, 0.2) is 22.7 Å². The van der Waals surface area contributed by atoms with Crippen LogP contribution in [0.1, 0.15) is 92.3 Å². The lowest BCUT2D eigenvalue weighted by Crippen LogP contribution is -2.45. The lowest BCUT2D eigenvalue weighted by atomic mass is 9.89. The van der Waals surface area contributed by atoms with Gasteiger partial charge in [0.2, 0.25) is 17.7 Å². The molecule has 9 nitrogen and oxygen atoms in total. The summed E-state index contributed by atoms with van der Waals surface area (Å²) in [6.07, 6.45) is 8.18. The van der Waals surface area contributed by atoms with Gasteiger partial charge in [0, 0.05) is 32.9 Å². The highest BCUT2D eigenvalue weighted by atomic mass is 16.5. The number of carbonyl (C=O) groups excluding carboxylic acids is 3. The number of amides is 3. The average Bonchev–Trinajstić information content (AvgIpc) is 3.47. The highest BCUT2D eigenvalue weighted by Crippen LogP contribution is 2.34. The van der Waals surface area contributed by atoms with Crippen molar-refractivity contribution in [2.75, 3.05) is 18.4 Å². The zero-order chi connectivity index (χ0) is 24.8. The van der Waals surface area contributed by atoms with Crippen LogP contribution in [0.2, 0.25) is 0 Å². The number of anilines is 1. The first kappa shape index (κ1) is 24.9. The quantitative estimate of drug-likeness (QED) is 0.580. The first-order valence-electron chi connectivity index (χ1n) is 12.7. The van der Waals surface area contributed by atoms with Crippen LogP contribution in [0, 0.1) is 6.92 Å². The second kappa shape index (κ2) is 11.0. The average molecular weight is 482 g/mol. The first-order chi connectivity index (χ1) is 16.9. The minimum atomic E-state index is -0.612. The van der Waals surface area contributed by atoms with Gasteiger partial charge in [-0.25, -0.2) is 0 Å². The van der Waals surface area contributed by atoms with Gasteiger partial charge in [-0.05, 0) is 44.2 Å². The molecule has 3 amide bonds. The monoisotopic (exact) mass is 481 g/mol. The fraction of sp³-hybridized carbons (Fsp3) is 0.577. The summed E-state index contributed by atoms with van der Waals surface area (Å²) in [6.45, 7) is 4.89. The SMILES string of the molecule is CC(=O)NC1(c2noc(CCC(=O)Nc3cccc(C)c3C(=O)N3CCCC3)n2)CCCCCC1. The third kappa shape index (κ3) is 5.89. The number of rotatable bonds is 7. The minimum Gasteiger partial charge on any atom is -0.343 e. The Kier molecular flexibility index (Phi) is 7.83. The van der Waals surface area contributed by atoms with Crippen molar-refractivity contribution in [3.05, 3.63) is 41.0 Å². The van der Waals surface area contributed by atoms with Crippen LogP contribution in [0.5, 0.6) is 0 Å². The summed E-state index contributed by atoms with van der Waals surface area (Å²) in [4.78, 5) is 44.1. The largest absolute Gasteiger partial charge is 0.343 e. The number of hydrogen-bond acceptors (Lipinski definition) is 6. The van der Waals surface area contributed by atoms with Crippen molar-refractivity contribution >= 4 is 23.4 Å². The minimum absolute atomic E-state index is 0.0379. The number of benzene rings is 1. The van der Waals surface area contributed by atoms with Crippen LogP contribution in [0.3, 0.4) is 0 Å². The molecule has 1 saturated carbocycles. The van der Waals surface area contributed by atoms with Crippen LogP contribution in [0.4, 0.5) is 5.69 Å². The summed E-state index contributed by atoms with van der Waals surface area (Å²) >= 11 is 0. The Hall–Kier alpha value is -3.23. The third-order valence-corrected chi connectivity index (χ3v) is 6.99. The number of hydrogen-bond donors (Lipinski definition) is 2. The maximum absolute atomic E-state index is 13.0. The molecule has 0 unspecified atom stereocenters. The Bertz CT molecular complexity index is 1070. The molecule has 0 atom stereocenters. The van der Waals surface area contributed by atoms with Gasteiger partial charge in [0.25, 0.3) is 5.91 Å². The number of nitrogens with zero attached hydrogens (tertiary/aromatic N) is 3. The zero-order valence-electron chi connectivity index (χ0n) is 20.7. The summed E-state index contributed by atoms with van der Waals surface area (Å²) in [5.41, 5.74) is 1.31. The third-order valence-electron chi connectivity index (χ3n) is 6.99. The van der Waals surface area contributed by atoms with E-state index < -0.39 is 5.54 Å². The van der Waals surface area contributed by atoms with Crippen LogP contribution < -0.4 is 10.6 Å². The number of aryl methyl sites for hydroxylation is 2. The molecule has 2 aromatic rings. The van der Waals surface area contributed by atoms with Crippen LogP contribution in [0.25, 0.3) is 0 Å². The van der Waals surface area contributed by atoms with Gasteiger partial charge in [-0.2, -0.15) is 4.98 Å². The molecule has 1 saturated heterocycles. The summed E-state index contributed by atoms with van der Waals surface area (Å²) in [6, 6.07) is 5.49. The van der Waals surface area contributed by atoms with E-state index in [4.69, 9.17) is 4.52 Å². The molecule has 1 aromatic heterocycles. The molecule has 188 valence electrons. The molecule has 4 rings (SSSR count). The number of nitrogens with one attached hydrogen (secondary N) is 2. The molecule has 0 bridgehead atoms. The van der Waals surface area contributed by atoms with E-state index in [2.05, 4.69) is 20.8 Å². The van der Waals surface area contributed by atoms with Crippen molar-refractivity contribution in [2.45, 2.75) is 83.6 Å². The van der Waals surface area contributed by atoms with Gasteiger partial charge < -0.3 is 20.1 Å². The van der Waals surface area contributed by atoms with Crippen molar-refractivity contribution in [3.8, 4) is 0 Å². The molecule has 2 fully saturated rings. The Labute approximate surface area is 206 Å². The van der Waals surface area contributed by atoms with Gasteiger partial charge in [-0.3, -0.25) is 14.4 Å². The van der Waals surface area contributed by atoms with Gasteiger partial charge >= 0.3 is 0 Å². The van der Waals surface area contributed by atoms with Crippen molar-refractivity contribution in [1.82, 2.24) is 20.4 Å². The molecule has 2 aliphatic rings. The Morgan fingerprint density at radius 3 is 2.46 bits per heavy atom. The van der Waals surface area contributed by atoms with E-state index in [9.17, 15) is 14.4 Å². The van der Waals surface area contributed by atoms with E-state index in [-0.39, 0.29) is 30.6 Å². The molecule has 1 aromatic carbocycles. The summed E-state index contributed by atoms with van der Waals surface area (Å²) in [5, 5.41) is 10.2. The molecule has 0 radical (unpaired) electrons. The maximum atomic E-state index is 13.0. The predicted octanol–water partition coefficient (Wildman–Crippen LogP) is 3.87. The summed E-state index contributed by atoms with van der Waals surface area (Å²) < 4.78 is 5.46. The standard InChI is InChI=1S/C26H35N5O4/c1-18-10-9-11-20(23(18)24(34)31-16-7-8-17-31)27-21(33)12-13-22-28-25(30-35-22)26(29-19(2)32)14-5-3-4-6-15-26/h9-11H,3-8,12-17H2,1-2H3,(H,27,33)(H,29,32). The highest BCUT2D eigenvalue weighted by Gasteiger charge is 2.38. The lowest BCUT2D eigenvalue weighted by Gasteiger charge is -2.30. The molecule has 2 heterocycles. The fourth-order valence-corrected chi connectivity index (χ4v) is 5.19. The molecule has 9 heteroatoms. The van der Waals surface area contributed by atoms with Gasteiger partial charge in [0.1, 0.15) is 5.54 Å². The number of likely N-dealkylation sites (tertiary alicyclic amines) is 1. The molecule has 2 N–H and O–H groups in total. The van der Waals surface area contributed by atoms with Gasteiger partial charge in [0.05, 0.1) is 11.3 Å². The van der Waals surface area contributed by atoms with Gasteiger partial charge in [0.15, 0.2) is 5.82 Å². The normalized spacial score (nSPS) is 17.6. The van der Waals surface area contributed by atoms with E-state index in [1.165, 1.54) is 6.92 Å². The van der Waals surface area contributed by atoms with Crippen LogP contribution in [-0.4, -0.2) is 45.9 Å². The van der Waals surface area contributed by atoms with Crippen molar-refractivity contribution in [2.24, 2.45) is 0 Å². The van der Waals surface area contributed by atoms with E-state index in [0.29, 0.717) is 23.0 Å². The zero-order valence-corrected chi connectivity index (χ0v) is 20.7. The molecule has 1 aliphatic carbocycles. The Balaban J connectivity index is 1.42. The fourth-order valence-electron chi connectivity index (χ4n) is 5.19. The van der Waals surface area contributed by atoms with E-state index in [0.717, 1.165) is 70.0 Å². The van der Waals surface area contributed by atoms with Gasteiger partial charge in [-0.15, -0.1) is 0 Å². The van der Waals surface area contributed by atoms with Crippen molar-refractivity contribution in [3.63, 3.8) is 0 Å². The van der Waals surface area contributed by atoms with Crippen LogP contribution in [-0.2, 0) is 21.5 Å². The van der Waals surface area contributed by atoms with E-state index >= 15 is 0 Å². The predicted molar refractivity (Wildman–Crippen MR) is 131 cm³/mol. The van der Waals surface area contributed by atoms with Crippen molar-refractivity contribution < 1.29 is 18.9 Å². The smallest absolute Gasteiger partial charge is 0.256 e. The first-order valence-corrected chi connectivity index (χ1v) is 12.7. The second-order valence-corrected chi connectivity index (χ2v) is 9.73. The molecular formula is C26H35N5O4. The second-order valence-electron chi connectivity index (χ2n) is 9.73. The molecular weight excluding hydrogens is 446 g/mol. The summed E-state index contributed by atoms with van der Waals surface area (Å²) in [7, 11) is 0. The Morgan fingerprint density at radius 2 is 1.77 bits per heavy atom. The van der Waals surface area contributed by atoms with E-state index in [1.807, 2.05) is 24.0 Å².